The summed E-state index contributed by atoms with van der Waals surface area (Å²) < 4.78 is 0. The average molecular weight is 382 g/mol. The Bertz CT molecular complexity index is 356. The lowest BCUT2D eigenvalue weighted by atomic mass is 9.98. The molecule has 2 aliphatic rings. The molecule has 0 spiro atoms. The molecule has 0 aromatic heterocycles. The number of carbonyl (C=O) groups excluding carboxylic acids is 2. The van der Waals surface area contributed by atoms with Crippen LogP contribution in [0.15, 0.2) is 0 Å². The Kier molecular flexibility index (Phi) is 6.97. The highest BCUT2D eigenvalue weighted by Crippen LogP contribution is 2.39. The van der Waals surface area contributed by atoms with Crippen LogP contribution in [-0.2, 0) is 4.79 Å². The van der Waals surface area contributed by atoms with Crippen molar-refractivity contribution in [2.75, 3.05) is 42.6 Å². The lowest BCUT2D eigenvalue weighted by Crippen LogP contribution is -2.48. The third-order valence-corrected chi connectivity index (χ3v) is 5.13. The zero-order valence-corrected chi connectivity index (χ0v) is 15.9. The summed E-state index contributed by atoms with van der Waals surface area (Å²) in [5.74, 6) is 2.29. The highest BCUT2D eigenvalue weighted by Gasteiger charge is 2.58. The van der Waals surface area contributed by atoms with Gasteiger partial charge in [-0.25, -0.2) is 4.79 Å². The first-order valence-corrected chi connectivity index (χ1v) is 9.96. The minimum absolute atomic E-state index is 0.0149. The van der Waals surface area contributed by atoms with E-state index in [-0.39, 0.29) is 30.1 Å². The van der Waals surface area contributed by atoms with Crippen LogP contribution in [0.4, 0.5) is 4.79 Å². The minimum atomic E-state index is -0.205. The molecule has 0 aromatic carbocycles. The molecule has 0 aromatic rings. The summed E-state index contributed by atoms with van der Waals surface area (Å²) >= 11 is 17.1. The summed E-state index contributed by atoms with van der Waals surface area (Å²) in [6.45, 7) is 1.64. The SMILES string of the molecule is O=C1C(CCS)C2C(N1CCS)N(CCS)C(=O)N2CCS. The summed E-state index contributed by atoms with van der Waals surface area (Å²) in [6.07, 6.45) is 0.473. The van der Waals surface area contributed by atoms with Crippen molar-refractivity contribution in [2.24, 2.45) is 5.92 Å². The Morgan fingerprint density at radius 1 is 0.773 bits per heavy atom. The van der Waals surface area contributed by atoms with Crippen LogP contribution in [0, 0.1) is 5.92 Å². The first kappa shape index (κ1) is 18.5. The van der Waals surface area contributed by atoms with Gasteiger partial charge in [0.25, 0.3) is 0 Å². The number of fused-ring (bicyclic) bond motifs is 1. The van der Waals surface area contributed by atoms with Crippen molar-refractivity contribution in [1.29, 1.82) is 0 Å². The summed E-state index contributed by atoms with van der Waals surface area (Å²) in [5.41, 5.74) is 0. The number of amides is 3. The lowest BCUT2D eigenvalue weighted by molar-refractivity contribution is -0.133. The van der Waals surface area contributed by atoms with Crippen molar-refractivity contribution >= 4 is 62.5 Å². The predicted octanol–water partition coefficient (Wildman–Crippen LogP) is 0.986. The van der Waals surface area contributed by atoms with Crippen LogP contribution < -0.4 is 0 Å². The van der Waals surface area contributed by atoms with Crippen molar-refractivity contribution < 1.29 is 9.59 Å². The van der Waals surface area contributed by atoms with E-state index < -0.39 is 0 Å². The molecule has 5 nitrogen and oxygen atoms in total. The maximum Gasteiger partial charge on any atom is 0.322 e. The highest BCUT2D eigenvalue weighted by molar-refractivity contribution is 7.80. The zero-order chi connectivity index (χ0) is 16.3. The van der Waals surface area contributed by atoms with Gasteiger partial charge in [0.2, 0.25) is 5.91 Å². The molecule has 0 bridgehead atoms. The number of nitrogens with zero attached hydrogens (tertiary/aromatic N) is 3. The fourth-order valence-corrected chi connectivity index (χ4v) is 4.41. The molecule has 2 saturated heterocycles. The van der Waals surface area contributed by atoms with Crippen molar-refractivity contribution in [3.63, 3.8) is 0 Å². The molecule has 0 radical (unpaired) electrons. The van der Waals surface area contributed by atoms with Gasteiger partial charge in [-0.1, -0.05) is 0 Å². The van der Waals surface area contributed by atoms with E-state index in [9.17, 15) is 9.59 Å². The van der Waals surface area contributed by atoms with E-state index in [4.69, 9.17) is 0 Å². The highest BCUT2D eigenvalue weighted by atomic mass is 32.1. The second-order valence-corrected chi connectivity index (χ2v) is 7.18. The van der Waals surface area contributed by atoms with Gasteiger partial charge in [-0.05, 0) is 12.2 Å². The second kappa shape index (κ2) is 8.30. The van der Waals surface area contributed by atoms with Gasteiger partial charge in [0.1, 0.15) is 6.17 Å². The van der Waals surface area contributed by atoms with Gasteiger partial charge in [0, 0.05) is 36.9 Å². The van der Waals surface area contributed by atoms with Crippen molar-refractivity contribution in [1.82, 2.24) is 14.7 Å². The third-order valence-electron chi connectivity index (χ3n) is 4.27. The Balaban J connectivity index is 2.36. The number of thiol groups is 4. The quantitative estimate of drug-likeness (QED) is 0.474. The van der Waals surface area contributed by atoms with Crippen LogP contribution in [0.3, 0.4) is 0 Å². The fraction of sp³-hybridized carbons (Fsp3) is 0.846. The van der Waals surface area contributed by atoms with E-state index in [0.29, 0.717) is 49.1 Å². The van der Waals surface area contributed by atoms with Crippen LogP contribution in [0.5, 0.6) is 0 Å². The van der Waals surface area contributed by atoms with Crippen molar-refractivity contribution in [2.45, 2.75) is 18.6 Å². The smallest absolute Gasteiger partial charge is 0.319 e. The van der Waals surface area contributed by atoms with Gasteiger partial charge < -0.3 is 14.7 Å². The van der Waals surface area contributed by atoms with Crippen LogP contribution in [0.2, 0.25) is 0 Å². The first-order chi connectivity index (χ1) is 10.6. The van der Waals surface area contributed by atoms with E-state index in [1.165, 1.54) is 0 Å². The first-order valence-electron chi connectivity index (χ1n) is 7.43. The number of likely N-dealkylation sites (tertiary alicyclic amines) is 1. The second-order valence-electron chi connectivity index (χ2n) is 5.39. The molecule has 0 N–H and O–H groups in total. The number of urea groups is 1. The Hall–Kier alpha value is 0.140. The van der Waals surface area contributed by atoms with E-state index in [0.717, 1.165) is 0 Å². The molecule has 2 fully saturated rings. The van der Waals surface area contributed by atoms with Gasteiger partial charge in [-0.2, -0.15) is 50.5 Å². The van der Waals surface area contributed by atoms with E-state index in [1.807, 2.05) is 9.80 Å². The number of hydrogen-bond acceptors (Lipinski definition) is 6. The standard InChI is InChI=1S/C13H23N3O2S4/c17-12-9(1-5-19)10-11(15(12)3-7-21)16(4-8-22)13(18)14(10)2-6-20/h9-11,19-22H,1-8H2. The van der Waals surface area contributed by atoms with Crippen LogP contribution >= 0.6 is 50.5 Å². The van der Waals surface area contributed by atoms with E-state index in [2.05, 4.69) is 50.5 Å². The monoisotopic (exact) mass is 381 g/mol. The maximum absolute atomic E-state index is 12.8. The average Bonchev–Trinajstić information content (AvgIpc) is 2.90. The van der Waals surface area contributed by atoms with Crippen LogP contribution in [-0.4, -0.2) is 81.5 Å². The maximum atomic E-state index is 12.8. The summed E-state index contributed by atoms with van der Waals surface area (Å²) in [6, 6.07) is -0.127. The number of hydrogen-bond donors (Lipinski definition) is 4. The molecule has 2 rings (SSSR count). The molecule has 0 aliphatic carbocycles. The minimum Gasteiger partial charge on any atom is -0.319 e. The van der Waals surface area contributed by atoms with E-state index >= 15 is 0 Å². The summed E-state index contributed by atoms with van der Waals surface area (Å²) in [4.78, 5) is 30.9. The normalized spacial score (nSPS) is 28.0. The molecular weight excluding hydrogens is 358 g/mol. The Morgan fingerprint density at radius 3 is 1.86 bits per heavy atom. The third kappa shape index (κ3) is 3.18. The molecule has 3 atom stereocenters. The Morgan fingerprint density at radius 2 is 1.32 bits per heavy atom. The molecule has 22 heavy (non-hydrogen) atoms. The molecule has 3 amide bonds. The van der Waals surface area contributed by atoms with E-state index in [1.54, 1.807) is 4.90 Å². The molecule has 126 valence electrons. The lowest BCUT2D eigenvalue weighted by Gasteiger charge is -2.30. The summed E-state index contributed by atoms with van der Waals surface area (Å²) in [7, 11) is 0. The molecular formula is C13H23N3O2S4. The topological polar surface area (TPSA) is 43.9 Å². The number of rotatable bonds is 8. The van der Waals surface area contributed by atoms with Crippen LogP contribution in [0.25, 0.3) is 0 Å². The summed E-state index contributed by atoms with van der Waals surface area (Å²) in [5, 5.41) is 0. The van der Waals surface area contributed by atoms with Gasteiger partial charge >= 0.3 is 6.03 Å². The van der Waals surface area contributed by atoms with Gasteiger partial charge in [0.05, 0.1) is 12.0 Å². The molecule has 0 saturated carbocycles. The van der Waals surface area contributed by atoms with Crippen molar-refractivity contribution in [3.8, 4) is 0 Å². The zero-order valence-electron chi connectivity index (χ0n) is 12.3. The van der Waals surface area contributed by atoms with Gasteiger partial charge in [-0.15, -0.1) is 0 Å². The predicted molar refractivity (Wildman–Crippen MR) is 102 cm³/mol. The molecule has 2 heterocycles. The fourth-order valence-electron chi connectivity index (χ4n) is 3.49. The van der Waals surface area contributed by atoms with Crippen LogP contribution in [0.1, 0.15) is 6.42 Å². The number of carbonyl (C=O) groups is 2. The van der Waals surface area contributed by atoms with Gasteiger partial charge in [-0.3, -0.25) is 4.79 Å². The molecule has 3 unspecified atom stereocenters. The largest absolute Gasteiger partial charge is 0.322 e. The van der Waals surface area contributed by atoms with Gasteiger partial charge in [0.15, 0.2) is 0 Å². The molecule has 9 heteroatoms. The van der Waals surface area contributed by atoms with Crippen molar-refractivity contribution in [3.05, 3.63) is 0 Å². The Labute approximate surface area is 153 Å². The molecule has 2 aliphatic heterocycles.